The standard InChI is InChI=1S/C20H24N4O3S/c1-4-27-20(25)17-13(2)23-18(19-22-9-10-28-19)24-16(17)12-21-11-14-5-7-15(26-3)8-6-14/h5-10,13,21H,4,11-12H2,1-3H3,(H,23,24)/t13-/m0/s1. The number of aliphatic imine (C=N–C) groups is 1. The van der Waals surface area contributed by atoms with E-state index in [1.807, 2.05) is 36.6 Å². The van der Waals surface area contributed by atoms with E-state index in [1.54, 1.807) is 20.2 Å². The van der Waals surface area contributed by atoms with Crippen molar-refractivity contribution in [3.63, 3.8) is 0 Å². The summed E-state index contributed by atoms with van der Waals surface area (Å²) < 4.78 is 10.4. The van der Waals surface area contributed by atoms with E-state index in [2.05, 4.69) is 20.6 Å². The number of carbonyl (C=O) groups excluding carboxylic acids is 1. The van der Waals surface area contributed by atoms with E-state index in [0.29, 0.717) is 31.1 Å². The summed E-state index contributed by atoms with van der Waals surface area (Å²) in [4.78, 5) is 21.4. The van der Waals surface area contributed by atoms with Crippen LogP contribution < -0.4 is 15.4 Å². The first kappa shape index (κ1) is 20.0. The zero-order valence-electron chi connectivity index (χ0n) is 16.2. The van der Waals surface area contributed by atoms with Crippen LogP contribution in [0.15, 0.2) is 52.1 Å². The average Bonchev–Trinajstić information content (AvgIpc) is 3.23. The maximum Gasteiger partial charge on any atom is 0.338 e. The molecule has 1 aliphatic heterocycles. The first-order chi connectivity index (χ1) is 13.6. The average molecular weight is 401 g/mol. The van der Waals surface area contributed by atoms with Gasteiger partial charge < -0.3 is 20.1 Å². The third-order valence-electron chi connectivity index (χ3n) is 4.26. The Labute approximate surface area is 168 Å². The second kappa shape index (κ2) is 9.48. The number of rotatable bonds is 8. The fraction of sp³-hybridized carbons (Fsp3) is 0.350. The van der Waals surface area contributed by atoms with E-state index in [9.17, 15) is 4.79 Å². The van der Waals surface area contributed by atoms with E-state index in [-0.39, 0.29) is 12.0 Å². The Morgan fingerprint density at radius 3 is 2.71 bits per heavy atom. The van der Waals surface area contributed by atoms with Gasteiger partial charge in [0.15, 0.2) is 10.8 Å². The molecule has 0 fully saturated rings. The first-order valence-corrected chi connectivity index (χ1v) is 9.98. The SMILES string of the molecule is CCOC(=O)C1=C(CNCc2ccc(OC)cc2)NC(c2nccs2)=N[C@H]1C. The van der Waals surface area contributed by atoms with E-state index in [4.69, 9.17) is 9.47 Å². The topological polar surface area (TPSA) is 84.8 Å². The predicted molar refractivity (Wildman–Crippen MR) is 110 cm³/mol. The maximum absolute atomic E-state index is 12.5. The molecule has 28 heavy (non-hydrogen) atoms. The minimum Gasteiger partial charge on any atom is -0.497 e. The minimum absolute atomic E-state index is 0.308. The van der Waals surface area contributed by atoms with Crippen LogP contribution in [0.1, 0.15) is 24.4 Å². The molecule has 0 spiro atoms. The van der Waals surface area contributed by atoms with Gasteiger partial charge in [-0.25, -0.2) is 9.78 Å². The molecular weight excluding hydrogens is 376 g/mol. The lowest BCUT2D eigenvalue weighted by Gasteiger charge is -2.25. The van der Waals surface area contributed by atoms with E-state index >= 15 is 0 Å². The van der Waals surface area contributed by atoms with Crippen molar-refractivity contribution in [1.82, 2.24) is 15.6 Å². The number of amidine groups is 1. The summed E-state index contributed by atoms with van der Waals surface area (Å²) >= 11 is 1.50. The van der Waals surface area contributed by atoms with Gasteiger partial charge in [-0.3, -0.25) is 4.99 Å². The van der Waals surface area contributed by atoms with Crippen molar-refractivity contribution in [3.05, 3.63) is 57.7 Å². The molecule has 1 atom stereocenters. The zero-order chi connectivity index (χ0) is 19.9. The fourth-order valence-corrected chi connectivity index (χ4v) is 3.51. The monoisotopic (exact) mass is 400 g/mol. The number of ether oxygens (including phenoxy) is 2. The molecule has 8 heteroatoms. The predicted octanol–water partition coefficient (Wildman–Crippen LogP) is 2.50. The van der Waals surface area contributed by atoms with Crippen molar-refractivity contribution in [2.75, 3.05) is 20.3 Å². The van der Waals surface area contributed by atoms with Crippen LogP contribution in [-0.2, 0) is 16.1 Å². The quantitative estimate of drug-likeness (QED) is 0.663. The second-order valence-electron chi connectivity index (χ2n) is 6.18. The third kappa shape index (κ3) is 4.76. The van der Waals surface area contributed by atoms with Crippen molar-refractivity contribution >= 4 is 23.1 Å². The van der Waals surface area contributed by atoms with Crippen molar-refractivity contribution in [2.45, 2.75) is 26.4 Å². The minimum atomic E-state index is -0.342. The number of thiazole rings is 1. The van der Waals surface area contributed by atoms with Crippen LogP contribution in [0.4, 0.5) is 0 Å². The van der Waals surface area contributed by atoms with Gasteiger partial charge in [0.05, 0.1) is 25.3 Å². The van der Waals surface area contributed by atoms with Crippen molar-refractivity contribution < 1.29 is 14.3 Å². The number of hydrogen-bond acceptors (Lipinski definition) is 8. The van der Waals surface area contributed by atoms with Crippen LogP contribution in [0.5, 0.6) is 5.75 Å². The summed E-state index contributed by atoms with van der Waals surface area (Å²) in [6, 6.07) is 7.55. The zero-order valence-corrected chi connectivity index (χ0v) is 17.0. The van der Waals surface area contributed by atoms with Crippen LogP contribution in [0.2, 0.25) is 0 Å². The lowest BCUT2D eigenvalue weighted by atomic mass is 10.0. The highest BCUT2D eigenvalue weighted by Crippen LogP contribution is 2.20. The Bertz CT molecular complexity index is 860. The third-order valence-corrected chi connectivity index (χ3v) is 5.03. The van der Waals surface area contributed by atoms with Crippen LogP contribution in [0.25, 0.3) is 0 Å². The molecule has 0 aliphatic carbocycles. The number of nitrogens with one attached hydrogen (secondary N) is 2. The molecule has 7 nitrogen and oxygen atoms in total. The Balaban J connectivity index is 1.73. The summed E-state index contributed by atoms with van der Waals surface area (Å²) in [6.45, 7) is 5.15. The highest BCUT2D eigenvalue weighted by atomic mass is 32.1. The van der Waals surface area contributed by atoms with Gasteiger partial charge in [-0.1, -0.05) is 12.1 Å². The summed E-state index contributed by atoms with van der Waals surface area (Å²) in [6.07, 6.45) is 1.74. The van der Waals surface area contributed by atoms with Gasteiger partial charge in [-0.2, -0.15) is 0 Å². The summed E-state index contributed by atoms with van der Waals surface area (Å²) in [5.74, 6) is 1.16. The number of aromatic nitrogens is 1. The lowest BCUT2D eigenvalue weighted by molar-refractivity contribution is -0.138. The number of esters is 1. The van der Waals surface area contributed by atoms with Gasteiger partial charge in [0, 0.05) is 30.4 Å². The molecular formula is C20H24N4O3S. The van der Waals surface area contributed by atoms with Gasteiger partial charge in [0.25, 0.3) is 0 Å². The van der Waals surface area contributed by atoms with Gasteiger partial charge >= 0.3 is 5.97 Å². The largest absolute Gasteiger partial charge is 0.497 e. The van der Waals surface area contributed by atoms with E-state index in [1.165, 1.54) is 11.3 Å². The summed E-state index contributed by atoms with van der Waals surface area (Å²) in [7, 11) is 1.65. The number of hydrogen-bond donors (Lipinski definition) is 2. The Morgan fingerprint density at radius 1 is 1.29 bits per heavy atom. The number of methoxy groups -OCH3 is 1. The molecule has 0 unspecified atom stereocenters. The number of benzene rings is 1. The van der Waals surface area contributed by atoms with Crippen LogP contribution in [-0.4, -0.2) is 43.1 Å². The highest BCUT2D eigenvalue weighted by Gasteiger charge is 2.28. The highest BCUT2D eigenvalue weighted by molar-refractivity contribution is 7.11. The van der Waals surface area contributed by atoms with Gasteiger partial charge in [-0.15, -0.1) is 11.3 Å². The fourth-order valence-electron chi connectivity index (χ4n) is 2.92. The lowest BCUT2D eigenvalue weighted by Crippen LogP contribution is -2.39. The molecule has 0 amide bonds. The van der Waals surface area contributed by atoms with Crippen LogP contribution in [0, 0.1) is 0 Å². The van der Waals surface area contributed by atoms with Crippen LogP contribution in [0.3, 0.4) is 0 Å². The van der Waals surface area contributed by atoms with Gasteiger partial charge in [0.2, 0.25) is 0 Å². The van der Waals surface area contributed by atoms with Crippen molar-refractivity contribution in [1.29, 1.82) is 0 Å². The Morgan fingerprint density at radius 2 is 2.07 bits per heavy atom. The van der Waals surface area contributed by atoms with Gasteiger partial charge in [-0.05, 0) is 31.5 Å². The van der Waals surface area contributed by atoms with Crippen molar-refractivity contribution in [2.24, 2.45) is 4.99 Å². The van der Waals surface area contributed by atoms with E-state index in [0.717, 1.165) is 22.0 Å². The summed E-state index contributed by atoms with van der Waals surface area (Å²) in [5, 5.41) is 9.35. The molecule has 2 N–H and O–H groups in total. The first-order valence-electron chi connectivity index (χ1n) is 9.10. The molecule has 0 saturated heterocycles. The van der Waals surface area contributed by atoms with Crippen LogP contribution >= 0.6 is 11.3 Å². The smallest absolute Gasteiger partial charge is 0.338 e. The number of carbonyl (C=O) groups is 1. The normalized spacial score (nSPS) is 16.4. The molecule has 2 heterocycles. The Hall–Kier alpha value is -2.71. The molecule has 1 aromatic heterocycles. The molecule has 148 valence electrons. The summed E-state index contributed by atoms with van der Waals surface area (Å²) in [5.41, 5.74) is 2.43. The molecule has 0 radical (unpaired) electrons. The molecule has 0 bridgehead atoms. The maximum atomic E-state index is 12.5. The van der Waals surface area contributed by atoms with E-state index < -0.39 is 0 Å². The molecule has 1 aliphatic rings. The Kier molecular flexibility index (Phi) is 6.78. The number of nitrogens with zero attached hydrogens (tertiary/aromatic N) is 2. The second-order valence-corrected chi connectivity index (χ2v) is 7.07. The van der Waals surface area contributed by atoms with Gasteiger partial charge in [0.1, 0.15) is 5.75 Å². The molecule has 3 rings (SSSR count). The molecule has 1 aromatic carbocycles. The molecule has 2 aromatic rings. The molecule has 0 saturated carbocycles. The van der Waals surface area contributed by atoms with Crippen molar-refractivity contribution in [3.8, 4) is 5.75 Å².